The van der Waals surface area contributed by atoms with Crippen LogP contribution in [0.25, 0.3) is 0 Å². The van der Waals surface area contributed by atoms with Gasteiger partial charge in [0.15, 0.2) is 6.29 Å². The molecule has 13 heavy (non-hydrogen) atoms. The molecule has 0 rings (SSSR count). The highest BCUT2D eigenvalue weighted by molar-refractivity contribution is 7.09. The third-order valence-electron chi connectivity index (χ3n) is 2.33. The highest BCUT2D eigenvalue weighted by Gasteiger charge is 2.30. The van der Waals surface area contributed by atoms with Crippen molar-refractivity contribution in [2.45, 2.75) is 57.6 Å². The summed E-state index contributed by atoms with van der Waals surface area (Å²) in [5.41, 5.74) is 0. The molecule has 3 unspecified atom stereocenters. The summed E-state index contributed by atoms with van der Waals surface area (Å²) in [6.07, 6.45) is 3.82. The number of hydrogen-bond donors (Lipinski definition) is 1. The maximum atomic E-state index is 9.57. The second kappa shape index (κ2) is 6.81. The van der Waals surface area contributed by atoms with E-state index in [1.165, 1.54) is 0 Å². The van der Waals surface area contributed by atoms with Crippen LogP contribution >= 0.6 is 9.47 Å². The van der Waals surface area contributed by atoms with Gasteiger partial charge in [-0.2, -0.15) is 0 Å². The predicted molar refractivity (Wildman–Crippen MR) is 59.7 cm³/mol. The summed E-state index contributed by atoms with van der Waals surface area (Å²) < 4.78 is 4.81. The van der Waals surface area contributed by atoms with Crippen LogP contribution in [0.15, 0.2) is 0 Å². The zero-order chi connectivity index (χ0) is 10.3. The fourth-order valence-corrected chi connectivity index (χ4v) is 1.75. The lowest BCUT2D eigenvalue weighted by atomic mass is 9.62. The molecule has 0 aliphatic heterocycles. The molecule has 0 saturated heterocycles. The van der Waals surface area contributed by atoms with Crippen molar-refractivity contribution in [3.63, 3.8) is 0 Å². The highest BCUT2D eigenvalue weighted by Crippen LogP contribution is 2.39. The third-order valence-corrected chi connectivity index (χ3v) is 2.59. The van der Waals surface area contributed by atoms with E-state index in [4.69, 9.17) is 12.4 Å². The fourth-order valence-electron chi connectivity index (χ4n) is 1.48. The minimum atomic E-state index is -0.871. The van der Waals surface area contributed by atoms with E-state index >= 15 is 0 Å². The average molecular weight is 202 g/mol. The zero-order valence-corrected chi connectivity index (χ0v) is 9.78. The molecule has 3 atom stereocenters. The molecule has 2 radical (unpaired) electrons. The molecule has 2 nitrogen and oxygen atoms in total. The van der Waals surface area contributed by atoms with Gasteiger partial charge in [-0.15, -0.1) is 0 Å². The Kier molecular flexibility index (Phi) is 7.03. The topological polar surface area (TPSA) is 29.5 Å². The smallest absolute Gasteiger partial charge is 0.155 e. The second-order valence-corrected chi connectivity index (χ2v) is 3.85. The van der Waals surface area contributed by atoms with Gasteiger partial charge in [0, 0.05) is 9.47 Å². The number of aliphatic hydroxyl groups is 1. The molecule has 1 N–H and O–H groups in total. The van der Waals surface area contributed by atoms with E-state index in [0.717, 1.165) is 32.1 Å². The maximum Gasteiger partial charge on any atom is 0.155 e. The van der Waals surface area contributed by atoms with Crippen LogP contribution in [-0.4, -0.2) is 19.2 Å². The van der Waals surface area contributed by atoms with Crippen LogP contribution < -0.4 is 0 Å². The van der Waals surface area contributed by atoms with Crippen molar-refractivity contribution in [3.05, 3.63) is 0 Å². The van der Waals surface area contributed by atoms with Gasteiger partial charge in [-0.3, -0.25) is 0 Å². The van der Waals surface area contributed by atoms with E-state index in [-0.39, 0.29) is 0 Å². The first-order valence-corrected chi connectivity index (χ1v) is 5.40. The molecule has 0 aliphatic carbocycles. The summed E-state index contributed by atoms with van der Waals surface area (Å²) in [6, 6.07) is 0. The average Bonchev–Trinajstić information content (AvgIpc) is 2.14. The van der Waals surface area contributed by atoms with Crippen LogP contribution in [0.1, 0.15) is 46.0 Å². The lowest BCUT2D eigenvalue weighted by Crippen LogP contribution is -2.29. The molecular formula is C9H20BO2P. The SMILES string of the molecule is [B]C(CCC)(CCCC)C(O)OP. The Morgan fingerprint density at radius 1 is 1.38 bits per heavy atom. The molecule has 4 heteroatoms. The van der Waals surface area contributed by atoms with E-state index in [1.807, 2.05) is 0 Å². The molecule has 0 bridgehead atoms. The molecule has 76 valence electrons. The lowest BCUT2D eigenvalue weighted by molar-refractivity contribution is -0.0472. The van der Waals surface area contributed by atoms with Crippen molar-refractivity contribution in [2.24, 2.45) is 0 Å². The molecule has 0 saturated carbocycles. The first-order chi connectivity index (χ1) is 6.10. The van der Waals surface area contributed by atoms with Gasteiger partial charge >= 0.3 is 0 Å². The first-order valence-electron chi connectivity index (χ1n) is 4.93. The van der Waals surface area contributed by atoms with Crippen molar-refractivity contribution < 1.29 is 9.63 Å². The number of aliphatic hydroxyl groups excluding tert-OH is 1. The number of unbranched alkanes of at least 4 members (excludes halogenated alkanes) is 1. The summed E-state index contributed by atoms with van der Waals surface area (Å²) in [5.74, 6) is 0. The van der Waals surface area contributed by atoms with Crippen LogP contribution in [0.3, 0.4) is 0 Å². The lowest BCUT2D eigenvalue weighted by Gasteiger charge is -2.33. The summed E-state index contributed by atoms with van der Waals surface area (Å²) >= 11 is 0. The van der Waals surface area contributed by atoms with E-state index in [9.17, 15) is 5.11 Å². The Morgan fingerprint density at radius 3 is 2.38 bits per heavy atom. The Balaban J connectivity index is 4.14. The van der Waals surface area contributed by atoms with Gasteiger partial charge in [0.05, 0.1) is 7.85 Å². The highest BCUT2D eigenvalue weighted by atomic mass is 31.0. The van der Waals surface area contributed by atoms with Gasteiger partial charge in [0.1, 0.15) is 0 Å². The number of rotatable bonds is 7. The Hall–Kier alpha value is 0.415. The van der Waals surface area contributed by atoms with Crippen molar-refractivity contribution in [2.75, 3.05) is 0 Å². The normalized spacial score (nSPS) is 18.2. The Morgan fingerprint density at radius 2 is 2.00 bits per heavy atom. The van der Waals surface area contributed by atoms with Crippen molar-refractivity contribution in [1.82, 2.24) is 0 Å². The molecule has 0 aromatic rings. The second-order valence-electron chi connectivity index (χ2n) is 3.58. The molecule has 0 spiro atoms. The maximum absolute atomic E-state index is 9.57. The van der Waals surface area contributed by atoms with Gasteiger partial charge in [-0.1, -0.05) is 46.0 Å². The van der Waals surface area contributed by atoms with Crippen molar-refractivity contribution in [1.29, 1.82) is 0 Å². The molecule has 0 aromatic heterocycles. The van der Waals surface area contributed by atoms with Crippen LogP contribution in [0.2, 0.25) is 5.31 Å². The van der Waals surface area contributed by atoms with Gasteiger partial charge in [-0.25, -0.2) is 0 Å². The van der Waals surface area contributed by atoms with Crippen LogP contribution in [0, 0.1) is 0 Å². The summed E-state index contributed by atoms with van der Waals surface area (Å²) in [6.45, 7) is 4.17. The summed E-state index contributed by atoms with van der Waals surface area (Å²) in [4.78, 5) is 0. The zero-order valence-electron chi connectivity index (χ0n) is 8.62. The minimum Gasteiger partial charge on any atom is -0.368 e. The van der Waals surface area contributed by atoms with E-state index < -0.39 is 11.6 Å². The first kappa shape index (κ1) is 13.4. The van der Waals surface area contributed by atoms with E-state index in [0.29, 0.717) is 0 Å². The Labute approximate surface area is 85.1 Å². The van der Waals surface area contributed by atoms with Crippen molar-refractivity contribution in [3.8, 4) is 0 Å². The molecule has 0 aliphatic rings. The summed E-state index contributed by atoms with van der Waals surface area (Å²) in [7, 11) is 8.13. The molecule has 0 amide bonds. The van der Waals surface area contributed by atoms with E-state index in [1.54, 1.807) is 0 Å². The van der Waals surface area contributed by atoms with E-state index in [2.05, 4.69) is 23.3 Å². The summed E-state index contributed by atoms with van der Waals surface area (Å²) in [5, 5.41) is 8.99. The molecule has 0 aromatic carbocycles. The third kappa shape index (κ3) is 4.44. The fraction of sp³-hybridized carbons (Fsp3) is 1.00. The number of hydrogen-bond acceptors (Lipinski definition) is 2. The standard InChI is InChI=1S/C9H20BO2P/c1-3-5-7-9(10,6-4-2)8(11)12-13/h8,11H,3-7,13H2,1-2H3. The van der Waals surface area contributed by atoms with Gasteiger partial charge in [0.25, 0.3) is 0 Å². The van der Waals surface area contributed by atoms with Gasteiger partial charge in [0.2, 0.25) is 0 Å². The predicted octanol–water partition coefficient (Wildman–Crippen LogP) is 2.43. The largest absolute Gasteiger partial charge is 0.368 e. The van der Waals surface area contributed by atoms with Crippen LogP contribution in [-0.2, 0) is 4.52 Å². The van der Waals surface area contributed by atoms with Gasteiger partial charge in [-0.05, 0) is 5.31 Å². The molecule has 0 fully saturated rings. The molecule has 0 heterocycles. The Bertz CT molecular complexity index is 135. The van der Waals surface area contributed by atoms with Gasteiger partial charge < -0.3 is 9.63 Å². The van der Waals surface area contributed by atoms with Crippen molar-refractivity contribution >= 4 is 17.3 Å². The van der Waals surface area contributed by atoms with Crippen LogP contribution in [0.5, 0.6) is 0 Å². The monoisotopic (exact) mass is 202 g/mol. The molecular weight excluding hydrogens is 182 g/mol. The quantitative estimate of drug-likeness (QED) is 0.390. The van der Waals surface area contributed by atoms with Crippen LogP contribution in [0.4, 0.5) is 0 Å². The minimum absolute atomic E-state index is 0.577.